The van der Waals surface area contributed by atoms with Crippen molar-refractivity contribution in [1.82, 2.24) is 10.6 Å². The van der Waals surface area contributed by atoms with Crippen LogP contribution in [-0.2, 0) is 11.2 Å². The van der Waals surface area contributed by atoms with Gasteiger partial charge in [0.1, 0.15) is 28.9 Å². The minimum Gasteiger partial charge on any atom is -0.465 e. The minimum atomic E-state index is -0.583. The number of nitrogens with one attached hydrogen (secondary N) is 2. The summed E-state index contributed by atoms with van der Waals surface area (Å²) in [4.78, 5) is 35.0. The Morgan fingerprint density at radius 1 is 1.12 bits per heavy atom. The van der Waals surface area contributed by atoms with Gasteiger partial charge in [-0.15, -0.1) is 0 Å². The molecule has 7 nitrogen and oxygen atoms in total. The molecule has 3 rings (SSSR count). The van der Waals surface area contributed by atoms with E-state index in [1.54, 1.807) is 38.1 Å². The van der Waals surface area contributed by atoms with Gasteiger partial charge in [-0.3, -0.25) is 10.1 Å². The number of ether oxygens (including phenoxy) is 1. The monoisotopic (exact) mass is 342 g/mol. The van der Waals surface area contributed by atoms with Crippen LogP contribution in [0.2, 0.25) is 0 Å². The molecule has 25 heavy (non-hydrogen) atoms. The molecule has 1 atom stereocenters. The largest absolute Gasteiger partial charge is 0.465 e. The molecule has 0 aliphatic carbocycles. The van der Waals surface area contributed by atoms with E-state index >= 15 is 0 Å². The molecule has 0 bridgehead atoms. The molecular weight excluding hydrogens is 324 g/mol. The summed E-state index contributed by atoms with van der Waals surface area (Å²) in [5, 5.41) is 4.73. The van der Waals surface area contributed by atoms with Crippen LogP contribution in [-0.4, -0.2) is 23.9 Å². The van der Waals surface area contributed by atoms with Crippen molar-refractivity contribution in [3.8, 4) is 5.75 Å². The van der Waals surface area contributed by atoms with Gasteiger partial charge < -0.3 is 14.5 Å². The van der Waals surface area contributed by atoms with Crippen LogP contribution >= 0.6 is 0 Å². The lowest BCUT2D eigenvalue weighted by Gasteiger charge is -2.08. The fraction of sp³-hybridized carbons (Fsp3) is 0.278. The molecule has 7 heteroatoms. The zero-order chi connectivity index (χ0) is 18.1. The number of furan rings is 1. The van der Waals surface area contributed by atoms with Crippen molar-refractivity contribution >= 4 is 17.9 Å². The number of hydrogen-bond donors (Lipinski definition) is 2. The Morgan fingerprint density at radius 2 is 1.80 bits per heavy atom. The van der Waals surface area contributed by atoms with Crippen molar-refractivity contribution in [2.75, 3.05) is 0 Å². The summed E-state index contributed by atoms with van der Waals surface area (Å²) in [6.45, 7) is 5.33. The first-order valence-electron chi connectivity index (χ1n) is 7.84. The highest BCUT2D eigenvalue weighted by molar-refractivity contribution is 6.04. The van der Waals surface area contributed by atoms with Gasteiger partial charge in [-0.25, -0.2) is 9.59 Å². The van der Waals surface area contributed by atoms with Crippen molar-refractivity contribution in [3.63, 3.8) is 0 Å². The molecular formula is C18H18N2O5. The Bertz CT molecular complexity index is 851. The van der Waals surface area contributed by atoms with Crippen LogP contribution in [0.3, 0.4) is 0 Å². The summed E-state index contributed by atoms with van der Waals surface area (Å²) in [6.07, 6.45) is 0.366. The molecule has 1 aliphatic heterocycles. The molecule has 1 aromatic carbocycles. The number of aryl methyl sites for hydroxylation is 2. The van der Waals surface area contributed by atoms with E-state index < -0.39 is 18.0 Å². The van der Waals surface area contributed by atoms with Crippen LogP contribution in [0.15, 0.2) is 28.7 Å². The van der Waals surface area contributed by atoms with Crippen LogP contribution in [0.1, 0.15) is 33.0 Å². The first-order chi connectivity index (χ1) is 11.8. The Kier molecular flexibility index (Phi) is 4.31. The van der Waals surface area contributed by atoms with Crippen LogP contribution < -0.4 is 15.4 Å². The molecule has 1 aromatic heterocycles. The first-order valence-corrected chi connectivity index (χ1v) is 7.84. The summed E-state index contributed by atoms with van der Waals surface area (Å²) >= 11 is 0. The Labute approximate surface area is 144 Å². The number of imide groups is 1. The zero-order valence-corrected chi connectivity index (χ0v) is 14.1. The van der Waals surface area contributed by atoms with E-state index in [1.807, 2.05) is 6.92 Å². The number of hydrogen-bond acceptors (Lipinski definition) is 5. The quantitative estimate of drug-likeness (QED) is 0.504. The average Bonchev–Trinajstić information content (AvgIpc) is 2.99. The van der Waals surface area contributed by atoms with E-state index in [2.05, 4.69) is 10.6 Å². The SMILES string of the molecule is Cc1oc(C)c(C(=O)Oc2ccc(C[C@@H]3NC(=O)NC3=O)cc2)c1C. The topological polar surface area (TPSA) is 97.6 Å². The fourth-order valence-corrected chi connectivity index (χ4v) is 2.78. The van der Waals surface area contributed by atoms with Crippen molar-refractivity contribution in [2.45, 2.75) is 33.2 Å². The third-order valence-corrected chi connectivity index (χ3v) is 4.20. The smallest absolute Gasteiger partial charge is 0.347 e. The lowest BCUT2D eigenvalue weighted by Crippen LogP contribution is -2.31. The van der Waals surface area contributed by atoms with Crippen molar-refractivity contribution in [2.24, 2.45) is 0 Å². The molecule has 2 heterocycles. The van der Waals surface area contributed by atoms with Gasteiger partial charge in [0.2, 0.25) is 0 Å². The molecule has 2 N–H and O–H groups in total. The highest BCUT2D eigenvalue weighted by Crippen LogP contribution is 2.23. The van der Waals surface area contributed by atoms with E-state index in [4.69, 9.17) is 9.15 Å². The number of urea groups is 1. The molecule has 1 saturated heterocycles. The average molecular weight is 342 g/mol. The first kappa shape index (κ1) is 16.8. The van der Waals surface area contributed by atoms with Crippen LogP contribution in [0.5, 0.6) is 5.75 Å². The van der Waals surface area contributed by atoms with E-state index in [0.29, 0.717) is 29.3 Å². The Hall–Kier alpha value is -3.09. The molecule has 0 saturated carbocycles. The van der Waals surface area contributed by atoms with Crippen LogP contribution in [0.25, 0.3) is 0 Å². The van der Waals surface area contributed by atoms with Gasteiger partial charge in [0.05, 0.1) is 0 Å². The van der Waals surface area contributed by atoms with E-state index in [0.717, 1.165) is 11.1 Å². The molecule has 1 fully saturated rings. The normalized spacial score (nSPS) is 16.5. The highest BCUT2D eigenvalue weighted by Gasteiger charge is 2.29. The molecule has 3 amide bonds. The maximum atomic E-state index is 12.3. The van der Waals surface area contributed by atoms with Crippen LogP contribution in [0.4, 0.5) is 4.79 Å². The number of rotatable bonds is 4. The van der Waals surface area contributed by atoms with Gasteiger partial charge in [-0.1, -0.05) is 12.1 Å². The summed E-state index contributed by atoms with van der Waals surface area (Å²) in [6, 6.07) is 5.74. The predicted octanol–water partition coefficient (Wildman–Crippen LogP) is 2.17. The second-order valence-electron chi connectivity index (χ2n) is 5.97. The van der Waals surface area contributed by atoms with Crippen molar-refractivity contribution in [1.29, 1.82) is 0 Å². The van der Waals surface area contributed by atoms with E-state index in [-0.39, 0.29) is 5.91 Å². The second-order valence-corrected chi connectivity index (χ2v) is 5.97. The number of amides is 3. The van der Waals surface area contributed by atoms with Gasteiger partial charge in [-0.05, 0) is 38.5 Å². The van der Waals surface area contributed by atoms with Crippen molar-refractivity contribution < 1.29 is 23.5 Å². The number of carbonyl (C=O) groups excluding carboxylic acids is 3. The maximum absolute atomic E-state index is 12.3. The van der Waals surface area contributed by atoms with E-state index in [9.17, 15) is 14.4 Å². The van der Waals surface area contributed by atoms with Gasteiger partial charge >= 0.3 is 12.0 Å². The molecule has 2 aromatic rings. The summed E-state index contributed by atoms with van der Waals surface area (Å²) in [7, 11) is 0. The fourth-order valence-electron chi connectivity index (χ4n) is 2.78. The molecule has 0 unspecified atom stereocenters. The third-order valence-electron chi connectivity index (χ3n) is 4.20. The van der Waals surface area contributed by atoms with Gasteiger partial charge in [-0.2, -0.15) is 0 Å². The van der Waals surface area contributed by atoms with Crippen molar-refractivity contribution in [3.05, 3.63) is 52.5 Å². The standard InChI is InChI=1S/C18H18N2O5/c1-9-10(2)24-11(3)15(9)17(22)25-13-6-4-12(5-7-13)8-14-16(21)20-18(23)19-14/h4-7,14H,8H2,1-3H3,(H2,19,20,21,23)/t14-/m0/s1. The van der Waals surface area contributed by atoms with E-state index in [1.165, 1.54) is 0 Å². The minimum absolute atomic E-state index is 0.346. The second kappa shape index (κ2) is 6.43. The van der Waals surface area contributed by atoms with Crippen LogP contribution in [0, 0.1) is 20.8 Å². The summed E-state index contributed by atoms with van der Waals surface area (Å²) in [5.74, 6) is 0.798. The molecule has 1 aliphatic rings. The molecule has 130 valence electrons. The Balaban J connectivity index is 1.67. The zero-order valence-electron chi connectivity index (χ0n) is 14.1. The molecule has 0 spiro atoms. The maximum Gasteiger partial charge on any atom is 0.347 e. The number of carbonyl (C=O) groups is 3. The highest BCUT2D eigenvalue weighted by atomic mass is 16.5. The van der Waals surface area contributed by atoms with Gasteiger partial charge in [0.15, 0.2) is 0 Å². The van der Waals surface area contributed by atoms with Gasteiger partial charge in [0.25, 0.3) is 5.91 Å². The lowest BCUT2D eigenvalue weighted by molar-refractivity contribution is -0.120. The Morgan fingerprint density at radius 3 is 2.32 bits per heavy atom. The number of benzene rings is 1. The summed E-state index contributed by atoms with van der Waals surface area (Å²) < 4.78 is 10.8. The lowest BCUT2D eigenvalue weighted by atomic mass is 10.1. The summed E-state index contributed by atoms with van der Waals surface area (Å²) in [5.41, 5.74) is 2.04. The number of esters is 1. The molecule has 0 radical (unpaired) electrons. The predicted molar refractivity (Wildman–Crippen MR) is 88.5 cm³/mol. The third kappa shape index (κ3) is 3.40. The van der Waals surface area contributed by atoms with Gasteiger partial charge in [0, 0.05) is 12.0 Å².